The van der Waals surface area contributed by atoms with Crippen LogP contribution < -0.4 is 5.32 Å². The van der Waals surface area contributed by atoms with Crippen LogP contribution in [0.4, 0.5) is 13.2 Å². The van der Waals surface area contributed by atoms with Crippen molar-refractivity contribution in [2.24, 2.45) is 0 Å². The van der Waals surface area contributed by atoms with Gasteiger partial charge in [0.25, 0.3) is 5.91 Å². The Balaban J connectivity index is 1.57. The molecule has 4 rings (SSSR count). The second-order valence-corrected chi connectivity index (χ2v) is 6.59. The van der Waals surface area contributed by atoms with Crippen LogP contribution in [0.5, 0.6) is 5.75 Å². The summed E-state index contributed by atoms with van der Waals surface area (Å²) in [5.74, 6) is -1.27. The SMILES string of the molecule is O=C(NCc1ccncc1)c1cc(-c2[nH]ncc2-c2ccc(O)c(C(F)(F)F)c2)n[nH]1. The van der Waals surface area contributed by atoms with Crippen molar-refractivity contribution in [2.75, 3.05) is 0 Å². The molecule has 4 N–H and O–H groups in total. The molecule has 4 aromatic rings. The van der Waals surface area contributed by atoms with Crippen molar-refractivity contribution < 1.29 is 23.1 Å². The zero-order valence-electron chi connectivity index (χ0n) is 15.7. The zero-order chi connectivity index (χ0) is 22.0. The first-order valence-corrected chi connectivity index (χ1v) is 9.00. The first-order valence-electron chi connectivity index (χ1n) is 9.00. The quantitative estimate of drug-likeness (QED) is 0.388. The van der Waals surface area contributed by atoms with Gasteiger partial charge in [0, 0.05) is 24.5 Å². The maximum atomic E-state index is 13.1. The fraction of sp³-hybridized carbons (Fsp3) is 0.100. The molecule has 8 nitrogen and oxygen atoms in total. The van der Waals surface area contributed by atoms with Gasteiger partial charge in [-0.25, -0.2) is 0 Å². The number of carbonyl (C=O) groups is 1. The summed E-state index contributed by atoms with van der Waals surface area (Å²) in [6.45, 7) is 0.290. The number of aromatic hydroxyl groups is 1. The molecule has 158 valence electrons. The summed E-state index contributed by atoms with van der Waals surface area (Å²) in [5, 5.41) is 25.5. The molecule has 0 atom stereocenters. The standard InChI is InChI=1S/C20H15F3N6O2/c21-20(22,23)14-7-12(1-2-17(14)30)13-10-26-29-18(13)15-8-16(28-27-15)19(31)25-9-11-3-5-24-6-4-11/h1-8,10,30H,9H2,(H,25,31)(H,26,29)(H,27,28). The summed E-state index contributed by atoms with van der Waals surface area (Å²) in [7, 11) is 0. The highest BCUT2D eigenvalue weighted by molar-refractivity contribution is 5.93. The number of halogens is 3. The number of rotatable bonds is 5. The summed E-state index contributed by atoms with van der Waals surface area (Å²) < 4.78 is 39.4. The molecule has 3 aromatic heterocycles. The van der Waals surface area contributed by atoms with Crippen LogP contribution in [0, 0.1) is 0 Å². The van der Waals surface area contributed by atoms with Gasteiger partial charge in [-0.1, -0.05) is 6.07 Å². The van der Waals surface area contributed by atoms with Crippen molar-refractivity contribution in [3.05, 3.63) is 71.8 Å². The third kappa shape index (κ3) is 4.25. The molecule has 0 unspecified atom stereocenters. The lowest BCUT2D eigenvalue weighted by Gasteiger charge is -2.10. The lowest BCUT2D eigenvalue weighted by Crippen LogP contribution is -2.23. The smallest absolute Gasteiger partial charge is 0.419 e. The maximum Gasteiger partial charge on any atom is 0.419 e. The first kappa shape index (κ1) is 20.1. The van der Waals surface area contributed by atoms with E-state index >= 15 is 0 Å². The number of H-pyrrole nitrogens is 2. The zero-order valence-corrected chi connectivity index (χ0v) is 15.7. The third-order valence-corrected chi connectivity index (χ3v) is 4.53. The Bertz CT molecular complexity index is 1220. The number of benzene rings is 1. The average Bonchev–Trinajstić information content (AvgIpc) is 3.42. The summed E-state index contributed by atoms with van der Waals surface area (Å²) in [6.07, 6.45) is -0.137. The minimum absolute atomic E-state index is 0.172. The molecule has 0 spiro atoms. The van der Waals surface area contributed by atoms with Gasteiger partial charge in [-0.2, -0.15) is 23.4 Å². The van der Waals surface area contributed by atoms with Crippen LogP contribution in [0.3, 0.4) is 0 Å². The molecule has 0 aliphatic rings. The van der Waals surface area contributed by atoms with E-state index in [-0.39, 0.29) is 11.3 Å². The van der Waals surface area contributed by atoms with Gasteiger partial charge in [-0.15, -0.1) is 0 Å². The Morgan fingerprint density at radius 1 is 1.10 bits per heavy atom. The number of alkyl halides is 3. The topological polar surface area (TPSA) is 120 Å². The molecule has 0 aliphatic heterocycles. The largest absolute Gasteiger partial charge is 0.507 e. The number of amides is 1. The molecule has 1 amide bonds. The van der Waals surface area contributed by atoms with Crippen LogP contribution in [-0.4, -0.2) is 36.4 Å². The number of hydrogen-bond donors (Lipinski definition) is 4. The minimum Gasteiger partial charge on any atom is -0.507 e. The van der Waals surface area contributed by atoms with Crippen molar-refractivity contribution >= 4 is 5.91 Å². The number of aromatic amines is 2. The van der Waals surface area contributed by atoms with E-state index in [1.165, 1.54) is 18.3 Å². The normalized spacial score (nSPS) is 11.5. The van der Waals surface area contributed by atoms with E-state index in [4.69, 9.17) is 0 Å². The second-order valence-electron chi connectivity index (χ2n) is 6.59. The van der Waals surface area contributed by atoms with Crippen molar-refractivity contribution in [3.63, 3.8) is 0 Å². The van der Waals surface area contributed by atoms with Gasteiger partial charge in [-0.05, 0) is 41.5 Å². The molecule has 1 aromatic carbocycles. The van der Waals surface area contributed by atoms with Gasteiger partial charge in [-0.3, -0.25) is 20.0 Å². The molecule has 0 bridgehead atoms. The van der Waals surface area contributed by atoms with Gasteiger partial charge in [0.05, 0.1) is 17.5 Å². The van der Waals surface area contributed by atoms with Gasteiger partial charge in [0.15, 0.2) is 0 Å². The number of carbonyl (C=O) groups excluding carboxylic acids is 1. The summed E-state index contributed by atoms with van der Waals surface area (Å²) in [6, 6.07) is 8.14. The number of phenols is 1. The minimum atomic E-state index is -4.71. The van der Waals surface area contributed by atoms with Crippen LogP contribution in [0.25, 0.3) is 22.5 Å². The van der Waals surface area contributed by atoms with Crippen LogP contribution in [0.15, 0.2) is 55.0 Å². The fourth-order valence-electron chi connectivity index (χ4n) is 2.98. The number of aromatic nitrogens is 5. The summed E-state index contributed by atoms with van der Waals surface area (Å²) in [5.41, 5.74) is 1.01. The van der Waals surface area contributed by atoms with E-state index in [0.717, 1.165) is 17.7 Å². The molecule has 0 fully saturated rings. The molecular formula is C20H15F3N6O2. The molecular weight excluding hydrogens is 413 g/mol. The van der Waals surface area contributed by atoms with Crippen molar-refractivity contribution in [1.29, 1.82) is 0 Å². The molecule has 0 saturated carbocycles. The van der Waals surface area contributed by atoms with Gasteiger partial charge in [0.1, 0.15) is 17.1 Å². The Morgan fingerprint density at radius 3 is 2.61 bits per heavy atom. The fourth-order valence-corrected chi connectivity index (χ4v) is 2.98. The van der Waals surface area contributed by atoms with Gasteiger partial charge in [0.2, 0.25) is 0 Å². The molecule has 0 aliphatic carbocycles. The molecule has 0 saturated heterocycles. The third-order valence-electron chi connectivity index (χ3n) is 4.53. The predicted octanol–water partition coefficient (Wildman–Crippen LogP) is 3.52. The van der Waals surface area contributed by atoms with Crippen LogP contribution in [0.2, 0.25) is 0 Å². The first-order chi connectivity index (χ1) is 14.8. The van der Waals surface area contributed by atoms with Gasteiger partial charge < -0.3 is 10.4 Å². The molecule has 31 heavy (non-hydrogen) atoms. The Kier molecular flexibility index (Phi) is 5.15. The highest BCUT2D eigenvalue weighted by Crippen LogP contribution is 2.39. The molecule has 0 radical (unpaired) electrons. The highest BCUT2D eigenvalue weighted by Gasteiger charge is 2.34. The number of nitrogens with zero attached hydrogens (tertiary/aromatic N) is 3. The van der Waals surface area contributed by atoms with Crippen molar-refractivity contribution in [2.45, 2.75) is 12.7 Å². The molecule has 11 heteroatoms. The van der Waals surface area contributed by atoms with Crippen molar-refractivity contribution in [1.82, 2.24) is 30.7 Å². The van der Waals surface area contributed by atoms with E-state index in [9.17, 15) is 23.1 Å². The monoisotopic (exact) mass is 428 g/mol. The van der Waals surface area contributed by atoms with Crippen molar-refractivity contribution in [3.8, 4) is 28.3 Å². The van der Waals surface area contributed by atoms with Crippen LogP contribution >= 0.6 is 0 Å². The van der Waals surface area contributed by atoms with E-state index in [1.807, 2.05) is 0 Å². The Morgan fingerprint density at radius 2 is 1.87 bits per heavy atom. The lowest BCUT2D eigenvalue weighted by atomic mass is 10.0. The summed E-state index contributed by atoms with van der Waals surface area (Å²) in [4.78, 5) is 16.3. The number of phenolic OH excluding ortho intramolecular Hbond substituents is 1. The van der Waals surface area contributed by atoms with Crippen LogP contribution in [-0.2, 0) is 12.7 Å². The number of hydrogen-bond acceptors (Lipinski definition) is 5. The maximum absolute atomic E-state index is 13.1. The predicted molar refractivity (Wildman–Crippen MR) is 104 cm³/mol. The van der Waals surface area contributed by atoms with E-state index in [2.05, 4.69) is 30.7 Å². The second kappa shape index (κ2) is 7.94. The Hall–Kier alpha value is -4.15. The average molecular weight is 428 g/mol. The van der Waals surface area contributed by atoms with E-state index in [1.54, 1.807) is 24.5 Å². The lowest BCUT2D eigenvalue weighted by molar-refractivity contribution is -0.138. The highest BCUT2D eigenvalue weighted by atomic mass is 19.4. The summed E-state index contributed by atoms with van der Waals surface area (Å²) >= 11 is 0. The van der Waals surface area contributed by atoms with E-state index < -0.39 is 23.4 Å². The van der Waals surface area contributed by atoms with E-state index in [0.29, 0.717) is 23.5 Å². The number of pyridine rings is 1. The Labute approximate surface area is 173 Å². The number of nitrogens with one attached hydrogen (secondary N) is 3. The molecule has 3 heterocycles. The van der Waals surface area contributed by atoms with Gasteiger partial charge >= 0.3 is 6.18 Å². The van der Waals surface area contributed by atoms with Crippen LogP contribution in [0.1, 0.15) is 21.6 Å².